The van der Waals surface area contributed by atoms with Gasteiger partial charge in [0.1, 0.15) is 0 Å². The molecule has 104 valence electrons. The van der Waals surface area contributed by atoms with E-state index in [0.717, 1.165) is 19.3 Å². The second-order valence-electron chi connectivity index (χ2n) is 5.86. The van der Waals surface area contributed by atoms with Gasteiger partial charge < -0.3 is 0 Å². The maximum Gasteiger partial charge on any atom is 0.347 e. The van der Waals surface area contributed by atoms with Gasteiger partial charge in [-0.3, -0.25) is 0 Å². The summed E-state index contributed by atoms with van der Waals surface area (Å²) in [6.45, 7) is 0. The average molecular weight is 271 g/mol. The number of hydrogen-bond acceptors (Lipinski definition) is 2. The summed E-state index contributed by atoms with van der Waals surface area (Å²) in [5.74, 6) is 0.342. The van der Waals surface area contributed by atoms with Gasteiger partial charge in [-0.2, -0.15) is 0 Å². The second kappa shape index (κ2) is 3.98. The van der Waals surface area contributed by atoms with Crippen LogP contribution in [0.1, 0.15) is 42.8 Å². The van der Waals surface area contributed by atoms with Gasteiger partial charge in [0.25, 0.3) is 0 Å². The van der Waals surface area contributed by atoms with Crippen molar-refractivity contribution in [3.05, 3.63) is 56.9 Å². The molecule has 5 nitrogen and oxygen atoms in total. The van der Waals surface area contributed by atoms with E-state index in [-0.39, 0.29) is 23.5 Å². The maximum atomic E-state index is 12.3. The Kier molecular flexibility index (Phi) is 2.34. The van der Waals surface area contributed by atoms with Crippen molar-refractivity contribution in [2.75, 3.05) is 0 Å². The van der Waals surface area contributed by atoms with Gasteiger partial charge in [-0.05, 0) is 24.8 Å². The highest BCUT2D eigenvalue weighted by atomic mass is 16.2. The molecule has 0 unspecified atom stereocenters. The summed E-state index contributed by atoms with van der Waals surface area (Å²) in [6.07, 6.45) is 2.93. The van der Waals surface area contributed by atoms with Gasteiger partial charge in [-0.25, -0.2) is 23.5 Å². The minimum atomic E-state index is -0.176. The van der Waals surface area contributed by atoms with E-state index in [4.69, 9.17) is 0 Å². The maximum absolute atomic E-state index is 12.3. The molecule has 0 N–H and O–H groups in total. The van der Waals surface area contributed by atoms with Crippen LogP contribution in [0.3, 0.4) is 0 Å². The SMILES string of the molecule is Cn1c(=O)n2n(c1=O)[C@H]1CC[C@@H]2C[C@H]1c1ccccc1. The summed E-state index contributed by atoms with van der Waals surface area (Å²) in [5, 5.41) is 0. The number of nitrogens with zero attached hydrogens (tertiary/aromatic N) is 3. The molecule has 3 aliphatic rings. The lowest BCUT2D eigenvalue weighted by atomic mass is 9.76. The standard InChI is InChI=1S/C15H17N3O2/c1-16-14(19)17-11-7-8-13(18(17)15(16)20)12(9-11)10-5-3-2-4-6-10/h2-6,11-13H,7-9H2,1H3/t11-,12+,13+/m1/s1. The normalized spacial score (nSPS) is 27.6. The molecule has 0 spiro atoms. The van der Waals surface area contributed by atoms with Gasteiger partial charge in [-0.15, -0.1) is 0 Å². The molecule has 1 saturated carbocycles. The quantitative estimate of drug-likeness (QED) is 0.787. The van der Waals surface area contributed by atoms with Crippen molar-refractivity contribution in [1.29, 1.82) is 0 Å². The van der Waals surface area contributed by atoms with Gasteiger partial charge in [-0.1, -0.05) is 30.3 Å². The summed E-state index contributed by atoms with van der Waals surface area (Å²) in [5.41, 5.74) is 0.929. The fourth-order valence-corrected chi connectivity index (χ4v) is 3.91. The average Bonchev–Trinajstić information content (AvgIpc) is 2.75. The van der Waals surface area contributed by atoms with Crippen LogP contribution in [0.5, 0.6) is 0 Å². The molecule has 3 heterocycles. The van der Waals surface area contributed by atoms with Gasteiger partial charge in [0.05, 0.1) is 12.1 Å². The number of hydrogen-bond donors (Lipinski definition) is 0. The van der Waals surface area contributed by atoms with Gasteiger partial charge >= 0.3 is 11.4 Å². The largest absolute Gasteiger partial charge is 0.347 e. The molecule has 0 amide bonds. The monoisotopic (exact) mass is 271 g/mol. The van der Waals surface area contributed by atoms with Gasteiger partial charge in [0, 0.05) is 13.0 Å². The zero-order valence-corrected chi connectivity index (χ0v) is 11.4. The smallest absolute Gasteiger partial charge is 0.246 e. The fourth-order valence-electron chi connectivity index (χ4n) is 3.91. The second-order valence-corrected chi connectivity index (χ2v) is 5.86. The van der Waals surface area contributed by atoms with E-state index in [1.807, 2.05) is 18.2 Å². The summed E-state index contributed by atoms with van der Waals surface area (Å²) in [4.78, 5) is 24.5. The highest BCUT2D eigenvalue weighted by Gasteiger charge is 2.42. The van der Waals surface area contributed by atoms with Crippen LogP contribution < -0.4 is 11.4 Å². The lowest BCUT2D eigenvalue weighted by molar-refractivity contribution is 0.111. The topological polar surface area (TPSA) is 48.9 Å². The molecule has 5 rings (SSSR count). The summed E-state index contributed by atoms with van der Waals surface area (Å²) in [6, 6.07) is 10.6. The highest BCUT2D eigenvalue weighted by molar-refractivity contribution is 5.23. The van der Waals surface area contributed by atoms with Crippen LogP contribution in [-0.2, 0) is 7.05 Å². The highest BCUT2D eigenvalue weighted by Crippen LogP contribution is 2.48. The van der Waals surface area contributed by atoms with Crippen LogP contribution in [0.2, 0.25) is 0 Å². The van der Waals surface area contributed by atoms with Crippen LogP contribution in [0.4, 0.5) is 0 Å². The van der Waals surface area contributed by atoms with E-state index in [9.17, 15) is 9.59 Å². The third-order valence-corrected chi connectivity index (χ3v) is 4.87. The zero-order chi connectivity index (χ0) is 13.9. The molecular formula is C15H17N3O2. The molecule has 20 heavy (non-hydrogen) atoms. The molecule has 2 aliphatic heterocycles. The van der Waals surface area contributed by atoms with E-state index < -0.39 is 0 Å². The Morgan fingerprint density at radius 3 is 2.45 bits per heavy atom. The lowest BCUT2D eigenvalue weighted by Crippen LogP contribution is -2.45. The Bertz CT molecular complexity index is 769. The minimum Gasteiger partial charge on any atom is -0.246 e. The number of benzene rings is 1. The molecule has 0 radical (unpaired) electrons. The summed E-state index contributed by atoms with van der Waals surface area (Å²) < 4.78 is 4.63. The fraction of sp³-hybridized carbons (Fsp3) is 0.467. The van der Waals surface area contributed by atoms with Crippen molar-refractivity contribution < 1.29 is 0 Å². The molecule has 1 fully saturated rings. The van der Waals surface area contributed by atoms with Crippen LogP contribution in [0, 0.1) is 0 Å². The third kappa shape index (κ3) is 1.38. The Morgan fingerprint density at radius 2 is 1.70 bits per heavy atom. The zero-order valence-electron chi connectivity index (χ0n) is 11.4. The van der Waals surface area contributed by atoms with E-state index >= 15 is 0 Å². The lowest BCUT2D eigenvalue weighted by Gasteiger charge is -2.43. The summed E-state index contributed by atoms with van der Waals surface area (Å²) >= 11 is 0. The molecule has 2 bridgehead atoms. The Morgan fingerprint density at radius 1 is 1.00 bits per heavy atom. The van der Waals surface area contributed by atoms with Crippen molar-refractivity contribution >= 4 is 0 Å². The first-order valence-corrected chi connectivity index (χ1v) is 7.13. The Labute approximate surface area is 116 Å². The molecule has 1 aromatic heterocycles. The van der Waals surface area contributed by atoms with Crippen LogP contribution in [-0.4, -0.2) is 13.9 Å². The molecule has 0 saturated heterocycles. The van der Waals surface area contributed by atoms with Gasteiger partial charge in [0.2, 0.25) is 0 Å². The van der Waals surface area contributed by atoms with Crippen LogP contribution in [0.15, 0.2) is 39.9 Å². The van der Waals surface area contributed by atoms with E-state index in [2.05, 4.69) is 12.1 Å². The van der Waals surface area contributed by atoms with Crippen molar-refractivity contribution in [3.63, 3.8) is 0 Å². The predicted octanol–water partition coefficient (Wildman–Crippen LogP) is 1.41. The molecule has 1 aromatic carbocycles. The van der Waals surface area contributed by atoms with E-state index in [0.29, 0.717) is 5.92 Å². The summed E-state index contributed by atoms with van der Waals surface area (Å²) in [7, 11) is 1.57. The Hall–Kier alpha value is -2.04. The first-order valence-electron chi connectivity index (χ1n) is 7.13. The van der Waals surface area contributed by atoms with Crippen LogP contribution in [0.25, 0.3) is 0 Å². The predicted molar refractivity (Wildman–Crippen MR) is 75.0 cm³/mol. The van der Waals surface area contributed by atoms with Crippen molar-refractivity contribution in [1.82, 2.24) is 13.9 Å². The van der Waals surface area contributed by atoms with E-state index in [1.165, 1.54) is 10.1 Å². The molecular weight excluding hydrogens is 254 g/mol. The van der Waals surface area contributed by atoms with Crippen LogP contribution >= 0.6 is 0 Å². The molecule has 3 atom stereocenters. The Balaban J connectivity index is 1.90. The van der Waals surface area contributed by atoms with Gasteiger partial charge in [0.15, 0.2) is 0 Å². The van der Waals surface area contributed by atoms with Crippen molar-refractivity contribution in [3.8, 4) is 0 Å². The third-order valence-electron chi connectivity index (χ3n) is 4.87. The number of aromatic nitrogens is 3. The molecule has 5 heteroatoms. The number of rotatable bonds is 1. The number of fused-ring (bicyclic) bond motifs is 2. The van der Waals surface area contributed by atoms with Crippen molar-refractivity contribution in [2.45, 2.75) is 37.3 Å². The molecule has 1 aliphatic carbocycles. The first-order chi connectivity index (χ1) is 9.68. The minimum absolute atomic E-state index is 0.115. The molecule has 2 aromatic rings. The van der Waals surface area contributed by atoms with E-state index in [1.54, 1.807) is 16.4 Å². The first kappa shape index (κ1) is 11.8. The van der Waals surface area contributed by atoms with Crippen molar-refractivity contribution in [2.24, 2.45) is 7.05 Å².